The van der Waals surface area contributed by atoms with Crippen LogP contribution in [0.5, 0.6) is 11.5 Å². The van der Waals surface area contributed by atoms with Crippen molar-refractivity contribution in [2.24, 2.45) is 0 Å². The van der Waals surface area contributed by atoms with E-state index in [1.807, 2.05) is 13.8 Å². The SMILES string of the molecule is CCOC(=O)c1cnc2ccc(OC(C)C)cc2c1O. The molecule has 0 aliphatic rings. The summed E-state index contributed by atoms with van der Waals surface area (Å²) in [6, 6.07) is 5.18. The van der Waals surface area contributed by atoms with Gasteiger partial charge in [-0.3, -0.25) is 4.98 Å². The Morgan fingerprint density at radius 3 is 2.80 bits per heavy atom. The van der Waals surface area contributed by atoms with Crippen molar-refractivity contribution in [2.75, 3.05) is 6.61 Å². The number of esters is 1. The second-order valence-corrected chi connectivity index (χ2v) is 4.59. The Kier molecular flexibility index (Phi) is 4.08. The fourth-order valence-corrected chi connectivity index (χ4v) is 1.86. The average Bonchev–Trinajstić information content (AvgIpc) is 2.39. The van der Waals surface area contributed by atoms with E-state index in [-0.39, 0.29) is 24.0 Å². The average molecular weight is 275 g/mol. The molecule has 0 fully saturated rings. The third-order valence-corrected chi connectivity index (χ3v) is 2.68. The van der Waals surface area contributed by atoms with Gasteiger partial charge in [0, 0.05) is 11.6 Å². The quantitative estimate of drug-likeness (QED) is 0.869. The molecule has 0 saturated heterocycles. The van der Waals surface area contributed by atoms with E-state index in [2.05, 4.69) is 4.98 Å². The lowest BCUT2D eigenvalue weighted by Gasteiger charge is -2.11. The zero-order valence-corrected chi connectivity index (χ0v) is 11.7. The molecule has 2 rings (SSSR count). The lowest BCUT2D eigenvalue weighted by Crippen LogP contribution is -2.07. The van der Waals surface area contributed by atoms with E-state index in [1.54, 1.807) is 25.1 Å². The molecule has 5 heteroatoms. The van der Waals surface area contributed by atoms with Crippen molar-refractivity contribution in [3.05, 3.63) is 30.0 Å². The molecule has 0 saturated carbocycles. The number of pyridine rings is 1. The number of ether oxygens (including phenoxy) is 2. The fourth-order valence-electron chi connectivity index (χ4n) is 1.86. The van der Waals surface area contributed by atoms with E-state index >= 15 is 0 Å². The molecule has 0 radical (unpaired) electrons. The number of aromatic nitrogens is 1. The maximum Gasteiger partial charge on any atom is 0.343 e. The molecule has 20 heavy (non-hydrogen) atoms. The van der Waals surface area contributed by atoms with Crippen molar-refractivity contribution in [3.8, 4) is 11.5 Å². The first-order chi connectivity index (χ1) is 9.52. The van der Waals surface area contributed by atoms with E-state index in [9.17, 15) is 9.90 Å². The highest BCUT2D eigenvalue weighted by molar-refractivity contribution is 5.99. The summed E-state index contributed by atoms with van der Waals surface area (Å²) < 4.78 is 10.5. The molecular weight excluding hydrogens is 258 g/mol. The predicted octanol–water partition coefficient (Wildman–Crippen LogP) is 2.90. The van der Waals surface area contributed by atoms with Crippen molar-refractivity contribution in [1.29, 1.82) is 0 Å². The van der Waals surface area contributed by atoms with Crippen LogP contribution >= 0.6 is 0 Å². The molecule has 1 aromatic carbocycles. The second kappa shape index (κ2) is 5.77. The molecule has 0 atom stereocenters. The lowest BCUT2D eigenvalue weighted by atomic mass is 10.1. The minimum atomic E-state index is -0.588. The summed E-state index contributed by atoms with van der Waals surface area (Å²) in [6.07, 6.45) is 1.34. The number of carbonyl (C=O) groups excluding carboxylic acids is 1. The van der Waals surface area contributed by atoms with Gasteiger partial charge in [0.2, 0.25) is 0 Å². The molecule has 106 valence electrons. The third-order valence-electron chi connectivity index (χ3n) is 2.68. The Labute approximate surface area is 117 Å². The normalized spacial score (nSPS) is 10.8. The number of aromatic hydroxyl groups is 1. The number of hydrogen-bond acceptors (Lipinski definition) is 5. The van der Waals surface area contributed by atoms with Gasteiger partial charge in [0.25, 0.3) is 0 Å². The third kappa shape index (κ3) is 2.82. The van der Waals surface area contributed by atoms with E-state index in [1.165, 1.54) is 6.20 Å². The van der Waals surface area contributed by atoms with E-state index in [4.69, 9.17) is 9.47 Å². The van der Waals surface area contributed by atoms with Crippen molar-refractivity contribution < 1.29 is 19.4 Å². The van der Waals surface area contributed by atoms with Gasteiger partial charge >= 0.3 is 5.97 Å². The van der Waals surface area contributed by atoms with Gasteiger partial charge in [-0.05, 0) is 39.0 Å². The van der Waals surface area contributed by atoms with Crippen LogP contribution in [0.2, 0.25) is 0 Å². The van der Waals surface area contributed by atoms with Gasteiger partial charge in [-0.25, -0.2) is 4.79 Å². The summed E-state index contributed by atoms with van der Waals surface area (Å²) in [5, 5.41) is 10.7. The van der Waals surface area contributed by atoms with Gasteiger partial charge < -0.3 is 14.6 Å². The Morgan fingerprint density at radius 2 is 2.15 bits per heavy atom. The van der Waals surface area contributed by atoms with Crippen LogP contribution in [-0.4, -0.2) is 28.8 Å². The first-order valence-electron chi connectivity index (χ1n) is 6.48. The number of rotatable bonds is 4. The monoisotopic (exact) mass is 275 g/mol. The fraction of sp³-hybridized carbons (Fsp3) is 0.333. The second-order valence-electron chi connectivity index (χ2n) is 4.59. The highest BCUT2D eigenvalue weighted by Gasteiger charge is 2.16. The molecule has 0 amide bonds. The molecule has 0 aliphatic heterocycles. The van der Waals surface area contributed by atoms with E-state index in [0.717, 1.165) is 0 Å². The Bertz CT molecular complexity index is 637. The molecular formula is C15H17NO4. The smallest absolute Gasteiger partial charge is 0.343 e. The van der Waals surface area contributed by atoms with Crippen LogP contribution in [-0.2, 0) is 4.74 Å². The molecule has 5 nitrogen and oxygen atoms in total. The maximum absolute atomic E-state index is 11.7. The number of hydrogen-bond donors (Lipinski definition) is 1. The van der Waals surface area contributed by atoms with Crippen LogP contribution < -0.4 is 4.74 Å². The summed E-state index contributed by atoms with van der Waals surface area (Å²) in [6.45, 7) is 5.78. The lowest BCUT2D eigenvalue weighted by molar-refractivity contribution is 0.0523. The van der Waals surface area contributed by atoms with Crippen molar-refractivity contribution in [3.63, 3.8) is 0 Å². The van der Waals surface area contributed by atoms with Crippen LogP contribution in [0, 0.1) is 0 Å². The molecule has 0 aliphatic carbocycles. The molecule has 1 heterocycles. The van der Waals surface area contributed by atoms with Crippen molar-refractivity contribution in [1.82, 2.24) is 4.98 Å². The van der Waals surface area contributed by atoms with Gasteiger partial charge in [0.1, 0.15) is 17.1 Å². The number of nitrogens with zero attached hydrogens (tertiary/aromatic N) is 1. The van der Waals surface area contributed by atoms with Crippen LogP contribution in [0.4, 0.5) is 0 Å². The van der Waals surface area contributed by atoms with E-state index in [0.29, 0.717) is 16.7 Å². The highest BCUT2D eigenvalue weighted by atomic mass is 16.5. The zero-order valence-electron chi connectivity index (χ0n) is 11.7. The van der Waals surface area contributed by atoms with Crippen LogP contribution in [0.1, 0.15) is 31.1 Å². The summed E-state index contributed by atoms with van der Waals surface area (Å²) in [5.74, 6) is -0.108. The Hall–Kier alpha value is -2.30. The molecule has 1 aromatic heterocycles. The number of fused-ring (bicyclic) bond motifs is 1. The minimum absolute atomic E-state index is 0.0239. The van der Waals surface area contributed by atoms with Gasteiger partial charge in [-0.15, -0.1) is 0 Å². The largest absolute Gasteiger partial charge is 0.506 e. The standard InChI is InChI=1S/C15H17NO4/c1-4-19-15(18)12-8-16-13-6-5-10(20-9(2)3)7-11(13)14(12)17/h5-9H,4H2,1-3H3,(H,16,17). The minimum Gasteiger partial charge on any atom is -0.506 e. The van der Waals surface area contributed by atoms with Gasteiger partial charge in [-0.1, -0.05) is 0 Å². The summed E-state index contributed by atoms with van der Waals surface area (Å²) in [5.41, 5.74) is 0.646. The zero-order chi connectivity index (χ0) is 14.7. The molecule has 0 bridgehead atoms. The van der Waals surface area contributed by atoms with E-state index < -0.39 is 5.97 Å². The number of benzene rings is 1. The van der Waals surface area contributed by atoms with Crippen LogP contribution in [0.15, 0.2) is 24.4 Å². The van der Waals surface area contributed by atoms with Gasteiger partial charge in [0.05, 0.1) is 18.2 Å². The van der Waals surface area contributed by atoms with Gasteiger partial charge in [0.15, 0.2) is 0 Å². The molecule has 0 unspecified atom stereocenters. The molecule has 1 N–H and O–H groups in total. The molecule has 0 spiro atoms. The molecule has 2 aromatic rings. The summed E-state index contributed by atoms with van der Waals surface area (Å²) in [4.78, 5) is 15.9. The summed E-state index contributed by atoms with van der Waals surface area (Å²) >= 11 is 0. The van der Waals surface area contributed by atoms with Gasteiger partial charge in [-0.2, -0.15) is 0 Å². The van der Waals surface area contributed by atoms with Crippen molar-refractivity contribution >= 4 is 16.9 Å². The Balaban J connectivity index is 2.49. The number of carbonyl (C=O) groups is 1. The summed E-state index contributed by atoms with van der Waals surface area (Å²) in [7, 11) is 0. The first-order valence-corrected chi connectivity index (χ1v) is 6.48. The van der Waals surface area contributed by atoms with Crippen LogP contribution in [0.3, 0.4) is 0 Å². The first kappa shape index (κ1) is 14.1. The van der Waals surface area contributed by atoms with Crippen molar-refractivity contribution in [2.45, 2.75) is 26.9 Å². The topological polar surface area (TPSA) is 68.7 Å². The Morgan fingerprint density at radius 1 is 1.40 bits per heavy atom. The predicted molar refractivity (Wildman–Crippen MR) is 75.1 cm³/mol. The highest BCUT2D eigenvalue weighted by Crippen LogP contribution is 2.30. The van der Waals surface area contributed by atoms with Crippen LogP contribution in [0.25, 0.3) is 10.9 Å². The maximum atomic E-state index is 11.7.